The summed E-state index contributed by atoms with van der Waals surface area (Å²) in [6.45, 7) is -0.550. The molecule has 104 valence electrons. The largest absolute Gasteiger partial charge is 0.480 e. The molecular formula is C11H7Cl5O3. The maximum atomic E-state index is 11.3. The third-order valence-electron chi connectivity index (χ3n) is 1.80. The van der Waals surface area contributed by atoms with Gasteiger partial charge in [-0.1, -0.05) is 58.0 Å². The van der Waals surface area contributed by atoms with Crippen LogP contribution in [0.1, 0.15) is 0 Å². The molecule has 0 aliphatic rings. The molecule has 0 bridgehead atoms. The van der Waals surface area contributed by atoms with Gasteiger partial charge in [0.05, 0.1) is 10.1 Å². The minimum atomic E-state index is -0.640. The van der Waals surface area contributed by atoms with E-state index in [0.29, 0.717) is 15.8 Å². The zero-order valence-electron chi connectivity index (χ0n) is 9.26. The van der Waals surface area contributed by atoms with Crippen LogP contribution in [0.4, 0.5) is 0 Å². The summed E-state index contributed by atoms with van der Waals surface area (Å²) >= 11 is 27.9. The number of carbonyl (C=O) groups is 1. The summed E-state index contributed by atoms with van der Waals surface area (Å²) in [6, 6.07) is 4.62. The van der Waals surface area contributed by atoms with Crippen molar-refractivity contribution >= 4 is 64.0 Å². The average molecular weight is 364 g/mol. The van der Waals surface area contributed by atoms with Gasteiger partial charge in [0.15, 0.2) is 6.61 Å². The predicted molar refractivity (Wildman–Crippen MR) is 77.5 cm³/mol. The first-order valence-electron chi connectivity index (χ1n) is 4.83. The van der Waals surface area contributed by atoms with Gasteiger partial charge in [-0.3, -0.25) is 0 Å². The Morgan fingerprint density at radius 2 is 1.79 bits per heavy atom. The van der Waals surface area contributed by atoms with Crippen LogP contribution in [-0.4, -0.2) is 19.2 Å². The first-order chi connectivity index (χ1) is 8.90. The molecule has 0 atom stereocenters. The van der Waals surface area contributed by atoms with E-state index in [1.54, 1.807) is 12.1 Å². The fourth-order valence-corrected chi connectivity index (χ4v) is 1.60. The van der Waals surface area contributed by atoms with Gasteiger partial charge in [-0.05, 0) is 18.2 Å². The van der Waals surface area contributed by atoms with Crippen molar-refractivity contribution in [1.29, 1.82) is 0 Å². The van der Waals surface area contributed by atoms with E-state index in [-0.39, 0.29) is 22.7 Å². The highest BCUT2D eigenvalue weighted by atomic mass is 35.5. The van der Waals surface area contributed by atoms with E-state index in [1.807, 2.05) is 0 Å². The van der Waals surface area contributed by atoms with E-state index in [9.17, 15) is 4.79 Å². The highest BCUT2D eigenvalue weighted by molar-refractivity contribution is 6.59. The third kappa shape index (κ3) is 6.11. The molecule has 0 heterocycles. The maximum absolute atomic E-state index is 11.3. The predicted octanol–water partition coefficient (Wildman–Crippen LogP) is 4.80. The lowest BCUT2D eigenvalue weighted by atomic mass is 10.3. The van der Waals surface area contributed by atoms with E-state index in [2.05, 4.69) is 0 Å². The Labute approximate surface area is 134 Å². The number of rotatable bonds is 5. The van der Waals surface area contributed by atoms with Crippen LogP contribution >= 0.6 is 58.0 Å². The zero-order valence-corrected chi connectivity index (χ0v) is 13.0. The normalized spacial score (nSPS) is 9.95. The van der Waals surface area contributed by atoms with Crippen LogP contribution < -0.4 is 4.74 Å². The highest BCUT2D eigenvalue weighted by Gasteiger charge is 2.09. The van der Waals surface area contributed by atoms with Crippen molar-refractivity contribution in [3.63, 3.8) is 0 Å². The van der Waals surface area contributed by atoms with Crippen molar-refractivity contribution in [2.45, 2.75) is 0 Å². The van der Waals surface area contributed by atoms with Crippen LogP contribution in [0.5, 0.6) is 5.75 Å². The summed E-state index contributed by atoms with van der Waals surface area (Å²) in [4.78, 5) is 11.3. The first kappa shape index (κ1) is 16.7. The molecule has 0 aliphatic heterocycles. The van der Waals surface area contributed by atoms with Gasteiger partial charge in [0.2, 0.25) is 0 Å². The number of hydrogen-bond acceptors (Lipinski definition) is 3. The van der Waals surface area contributed by atoms with Crippen molar-refractivity contribution < 1.29 is 14.3 Å². The molecule has 0 radical (unpaired) electrons. The molecule has 0 aliphatic carbocycles. The summed E-state index contributed by atoms with van der Waals surface area (Å²) < 4.78 is 9.76. The summed E-state index contributed by atoms with van der Waals surface area (Å²) in [6.07, 6.45) is 0. The summed E-state index contributed by atoms with van der Waals surface area (Å²) in [7, 11) is 0. The van der Waals surface area contributed by atoms with Gasteiger partial charge in [0.25, 0.3) is 0 Å². The van der Waals surface area contributed by atoms with Gasteiger partial charge in [-0.15, -0.1) is 0 Å². The number of hydrogen-bond donors (Lipinski definition) is 0. The van der Waals surface area contributed by atoms with Crippen molar-refractivity contribution in [2.24, 2.45) is 0 Å². The summed E-state index contributed by atoms with van der Waals surface area (Å²) in [5.41, 5.74) is 0. The molecule has 0 aromatic heterocycles. The fraction of sp³-hybridized carbons (Fsp3) is 0.182. The van der Waals surface area contributed by atoms with Crippen LogP contribution in [0, 0.1) is 0 Å². The number of ether oxygens (including phenoxy) is 2. The number of halogens is 5. The lowest BCUT2D eigenvalue weighted by Gasteiger charge is -2.08. The monoisotopic (exact) mass is 362 g/mol. The van der Waals surface area contributed by atoms with E-state index in [0.717, 1.165) is 0 Å². The van der Waals surface area contributed by atoms with Crippen molar-refractivity contribution in [2.75, 3.05) is 13.2 Å². The second kappa shape index (κ2) is 8.08. The number of carbonyl (C=O) groups excluding carboxylic acids is 1. The Morgan fingerprint density at radius 1 is 1.11 bits per heavy atom. The van der Waals surface area contributed by atoms with E-state index >= 15 is 0 Å². The lowest BCUT2D eigenvalue weighted by molar-refractivity contribution is -0.144. The van der Waals surface area contributed by atoms with E-state index in [4.69, 9.17) is 67.5 Å². The van der Waals surface area contributed by atoms with Gasteiger partial charge in [0.1, 0.15) is 16.8 Å². The topological polar surface area (TPSA) is 35.5 Å². The lowest BCUT2D eigenvalue weighted by Crippen LogP contribution is -2.15. The zero-order chi connectivity index (χ0) is 14.4. The van der Waals surface area contributed by atoms with Crippen LogP contribution in [0.2, 0.25) is 10.0 Å². The molecule has 0 saturated carbocycles. The maximum Gasteiger partial charge on any atom is 0.344 e. The minimum absolute atomic E-state index is 0.0289. The standard InChI is InChI=1S/C11H7Cl5O3/c12-6-1-2-9(7(13)3-6)18-5-10(17)19-4-8(14)11(15)16/h1-3H,4-5H2. The van der Waals surface area contributed by atoms with Crippen LogP contribution in [0.3, 0.4) is 0 Å². The van der Waals surface area contributed by atoms with Gasteiger partial charge in [0, 0.05) is 5.02 Å². The van der Waals surface area contributed by atoms with E-state index in [1.165, 1.54) is 6.07 Å². The van der Waals surface area contributed by atoms with Crippen molar-refractivity contribution in [3.8, 4) is 5.75 Å². The van der Waals surface area contributed by atoms with Crippen molar-refractivity contribution in [3.05, 3.63) is 37.8 Å². The molecule has 1 rings (SSSR count). The molecule has 1 aromatic carbocycles. The van der Waals surface area contributed by atoms with Gasteiger partial charge in [-0.2, -0.15) is 0 Å². The van der Waals surface area contributed by atoms with Gasteiger partial charge in [-0.25, -0.2) is 4.79 Å². The molecule has 0 unspecified atom stereocenters. The average Bonchev–Trinajstić information content (AvgIpc) is 2.34. The Balaban J connectivity index is 2.44. The molecule has 0 spiro atoms. The third-order valence-corrected chi connectivity index (χ3v) is 3.28. The second-order valence-corrected chi connectivity index (χ2v) is 5.44. The van der Waals surface area contributed by atoms with Gasteiger partial charge >= 0.3 is 5.97 Å². The minimum Gasteiger partial charge on any atom is -0.480 e. The van der Waals surface area contributed by atoms with Crippen LogP contribution in [0.25, 0.3) is 0 Å². The molecule has 0 saturated heterocycles. The quantitative estimate of drug-likeness (QED) is 0.704. The Morgan fingerprint density at radius 3 is 2.37 bits per heavy atom. The van der Waals surface area contributed by atoms with Crippen LogP contribution in [0.15, 0.2) is 27.7 Å². The molecular weight excluding hydrogens is 357 g/mol. The van der Waals surface area contributed by atoms with Crippen molar-refractivity contribution in [1.82, 2.24) is 0 Å². The molecule has 19 heavy (non-hydrogen) atoms. The Bertz CT molecular complexity index is 497. The first-order valence-corrected chi connectivity index (χ1v) is 6.72. The summed E-state index contributed by atoms with van der Waals surface area (Å²) in [5.74, 6) is -0.321. The fourth-order valence-electron chi connectivity index (χ4n) is 0.969. The summed E-state index contributed by atoms with van der Waals surface area (Å²) in [5, 5.41) is 0.789. The molecule has 0 N–H and O–H groups in total. The highest BCUT2D eigenvalue weighted by Crippen LogP contribution is 2.27. The molecule has 8 heteroatoms. The smallest absolute Gasteiger partial charge is 0.344 e. The molecule has 1 aromatic rings. The van der Waals surface area contributed by atoms with Crippen LogP contribution in [-0.2, 0) is 9.53 Å². The van der Waals surface area contributed by atoms with Gasteiger partial charge < -0.3 is 9.47 Å². The SMILES string of the molecule is O=C(COc1ccc(Cl)cc1Cl)OCC(Cl)=C(Cl)Cl. The molecule has 0 fully saturated rings. The Kier molecular flexibility index (Phi) is 7.11. The molecule has 0 amide bonds. The van der Waals surface area contributed by atoms with E-state index < -0.39 is 5.97 Å². The number of benzene rings is 1. The second-order valence-electron chi connectivity index (χ2n) is 3.19. The molecule has 3 nitrogen and oxygen atoms in total. The number of esters is 1. The Hall–Kier alpha value is -0.320.